The number of hydrogen-bond donors (Lipinski definition) is 1. The first-order valence-corrected chi connectivity index (χ1v) is 11.9. The molecule has 1 amide bonds. The molecule has 0 unspecified atom stereocenters. The molecule has 2 aliphatic heterocycles. The zero-order valence-corrected chi connectivity index (χ0v) is 19.0. The minimum atomic E-state index is -3.72. The second kappa shape index (κ2) is 9.77. The summed E-state index contributed by atoms with van der Waals surface area (Å²) in [5.74, 6) is -0.213. The summed E-state index contributed by atoms with van der Waals surface area (Å²) in [6, 6.07) is 10.6. The van der Waals surface area contributed by atoms with E-state index < -0.39 is 28.5 Å². The molecule has 33 heavy (non-hydrogen) atoms. The van der Waals surface area contributed by atoms with E-state index in [2.05, 4.69) is 10.2 Å². The first-order chi connectivity index (χ1) is 15.8. The van der Waals surface area contributed by atoms with Gasteiger partial charge in [-0.25, -0.2) is 13.2 Å². The maximum absolute atomic E-state index is 12.9. The van der Waals surface area contributed by atoms with Crippen molar-refractivity contribution in [3.05, 3.63) is 48.0 Å². The van der Waals surface area contributed by atoms with Crippen molar-refractivity contribution in [1.29, 1.82) is 0 Å². The summed E-state index contributed by atoms with van der Waals surface area (Å²) >= 11 is 0. The molecule has 0 bridgehead atoms. The third-order valence-electron chi connectivity index (χ3n) is 5.33. The summed E-state index contributed by atoms with van der Waals surface area (Å²) in [5.41, 5.74) is 0.526. The number of anilines is 1. The Morgan fingerprint density at radius 2 is 1.73 bits per heavy atom. The molecule has 0 aromatic heterocycles. The number of ether oxygens (including phenoxy) is 3. The van der Waals surface area contributed by atoms with Crippen LogP contribution in [-0.4, -0.2) is 82.5 Å². The van der Waals surface area contributed by atoms with Crippen molar-refractivity contribution in [2.75, 3.05) is 58.4 Å². The SMILES string of the molecule is CN1CCN(S(=O)(=O)c2cccc(C(=O)OCC(=O)Nc3ccc4c(c3)OCCO4)c2)CC1. The Morgan fingerprint density at radius 3 is 2.48 bits per heavy atom. The Balaban J connectivity index is 1.35. The Bertz CT molecular complexity index is 1140. The monoisotopic (exact) mass is 475 g/mol. The number of amides is 1. The first-order valence-electron chi connectivity index (χ1n) is 10.5. The maximum atomic E-state index is 12.9. The number of nitrogens with zero attached hydrogens (tertiary/aromatic N) is 2. The minimum Gasteiger partial charge on any atom is -0.486 e. The van der Waals surface area contributed by atoms with Crippen molar-refractivity contribution >= 4 is 27.6 Å². The van der Waals surface area contributed by atoms with Crippen LogP contribution in [0.4, 0.5) is 5.69 Å². The van der Waals surface area contributed by atoms with Crippen LogP contribution in [0.1, 0.15) is 10.4 Å². The second-order valence-electron chi connectivity index (χ2n) is 7.72. The molecule has 2 aromatic carbocycles. The van der Waals surface area contributed by atoms with Crippen molar-refractivity contribution in [3.8, 4) is 11.5 Å². The van der Waals surface area contributed by atoms with Crippen LogP contribution in [0.3, 0.4) is 0 Å². The van der Waals surface area contributed by atoms with E-state index >= 15 is 0 Å². The lowest BCUT2D eigenvalue weighted by Crippen LogP contribution is -2.47. The number of piperazine rings is 1. The molecule has 1 saturated heterocycles. The highest BCUT2D eigenvalue weighted by Gasteiger charge is 2.28. The summed E-state index contributed by atoms with van der Waals surface area (Å²) in [6.45, 7) is 2.40. The van der Waals surface area contributed by atoms with Gasteiger partial charge in [-0.15, -0.1) is 0 Å². The Kier molecular flexibility index (Phi) is 6.82. The Labute approximate surface area is 192 Å². The van der Waals surface area contributed by atoms with Crippen LogP contribution in [-0.2, 0) is 19.6 Å². The van der Waals surface area contributed by atoms with Gasteiger partial charge in [0.25, 0.3) is 5.91 Å². The van der Waals surface area contributed by atoms with Gasteiger partial charge in [-0.05, 0) is 37.4 Å². The minimum absolute atomic E-state index is 0.0160. The lowest BCUT2D eigenvalue weighted by molar-refractivity contribution is -0.119. The molecule has 2 aliphatic rings. The molecular formula is C22H25N3O7S. The number of sulfonamides is 1. The normalized spacial score (nSPS) is 16.8. The molecule has 10 nitrogen and oxygen atoms in total. The van der Waals surface area contributed by atoms with Crippen molar-refractivity contribution < 1.29 is 32.2 Å². The number of hydrogen-bond acceptors (Lipinski definition) is 8. The van der Waals surface area contributed by atoms with Gasteiger partial charge >= 0.3 is 5.97 Å². The van der Waals surface area contributed by atoms with Gasteiger partial charge in [-0.1, -0.05) is 6.07 Å². The summed E-state index contributed by atoms with van der Waals surface area (Å²) < 4.78 is 43.2. The molecule has 4 rings (SSSR count). The van der Waals surface area contributed by atoms with E-state index in [9.17, 15) is 18.0 Å². The second-order valence-corrected chi connectivity index (χ2v) is 9.66. The fraction of sp³-hybridized carbons (Fsp3) is 0.364. The third kappa shape index (κ3) is 5.44. The number of esters is 1. The molecule has 0 saturated carbocycles. The lowest BCUT2D eigenvalue weighted by Gasteiger charge is -2.31. The molecule has 0 atom stereocenters. The number of carbonyl (C=O) groups is 2. The summed E-state index contributed by atoms with van der Waals surface area (Å²) in [4.78, 5) is 26.7. The average Bonchev–Trinajstić information content (AvgIpc) is 2.83. The molecule has 1 N–H and O–H groups in total. The van der Waals surface area contributed by atoms with Crippen molar-refractivity contribution in [2.24, 2.45) is 0 Å². The van der Waals surface area contributed by atoms with Gasteiger partial charge in [0.1, 0.15) is 13.2 Å². The highest BCUT2D eigenvalue weighted by molar-refractivity contribution is 7.89. The molecular weight excluding hydrogens is 450 g/mol. The van der Waals surface area contributed by atoms with Crippen LogP contribution < -0.4 is 14.8 Å². The van der Waals surface area contributed by atoms with Crippen LogP contribution in [0, 0.1) is 0 Å². The fourth-order valence-electron chi connectivity index (χ4n) is 3.49. The first kappa shape index (κ1) is 23.0. The van der Waals surface area contributed by atoms with Crippen molar-refractivity contribution in [1.82, 2.24) is 9.21 Å². The van der Waals surface area contributed by atoms with Gasteiger partial charge in [0.15, 0.2) is 18.1 Å². The van der Waals surface area contributed by atoms with E-state index in [1.54, 1.807) is 18.2 Å². The fourth-order valence-corrected chi connectivity index (χ4v) is 4.96. The molecule has 0 aliphatic carbocycles. The van der Waals surface area contributed by atoms with E-state index in [4.69, 9.17) is 14.2 Å². The predicted molar refractivity (Wildman–Crippen MR) is 119 cm³/mol. The smallest absolute Gasteiger partial charge is 0.338 e. The van der Waals surface area contributed by atoms with Crippen LogP contribution >= 0.6 is 0 Å². The van der Waals surface area contributed by atoms with E-state index in [1.165, 1.54) is 28.6 Å². The largest absolute Gasteiger partial charge is 0.486 e. The van der Waals surface area contributed by atoms with Crippen LogP contribution in [0.5, 0.6) is 11.5 Å². The number of carbonyl (C=O) groups excluding carboxylic acids is 2. The molecule has 2 heterocycles. The average molecular weight is 476 g/mol. The number of fused-ring (bicyclic) bond motifs is 1. The summed E-state index contributed by atoms with van der Waals surface area (Å²) in [7, 11) is -1.79. The molecule has 1 fully saturated rings. The molecule has 11 heteroatoms. The summed E-state index contributed by atoms with van der Waals surface area (Å²) in [6.07, 6.45) is 0. The molecule has 2 aromatic rings. The topological polar surface area (TPSA) is 114 Å². The standard InChI is InChI=1S/C22H25N3O7S/c1-24-7-9-25(10-8-24)33(28,29)18-4-2-3-16(13-18)22(27)32-15-21(26)23-17-5-6-19-20(14-17)31-12-11-30-19/h2-6,13-14H,7-12,15H2,1H3,(H,23,26). The van der Waals surface area contributed by atoms with Gasteiger partial charge in [-0.2, -0.15) is 4.31 Å². The molecule has 0 spiro atoms. The quantitative estimate of drug-likeness (QED) is 0.620. The predicted octanol–water partition coefficient (Wildman–Crippen LogP) is 1.19. The zero-order valence-electron chi connectivity index (χ0n) is 18.2. The number of nitrogens with one attached hydrogen (secondary N) is 1. The van der Waals surface area contributed by atoms with Crippen LogP contribution in [0.15, 0.2) is 47.4 Å². The molecule has 0 radical (unpaired) electrons. The number of likely N-dealkylation sites (N-methyl/N-ethyl adjacent to an activating group) is 1. The number of rotatable bonds is 6. The third-order valence-corrected chi connectivity index (χ3v) is 7.22. The lowest BCUT2D eigenvalue weighted by atomic mass is 10.2. The zero-order chi connectivity index (χ0) is 23.4. The maximum Gasteiger partial charge on any atom is 0.338 e. The van der Waals surface area contributed by atoms with E-state index in [1.807, 2.05) is 7.05 Å². The molecule has 176 valence electrons. The summed E-state index contributed by atoms with van der Waals surface area (Å²) in [5, 5.41) is 2.62. The highest BCUT2D eigenvalue weighted by atomic mass is 32.2. The van der Waals surface area contributed by atoms with Crippen molar-refractivity contribution in [2.45, 2.75) is 4.90 Å². The van der Waals surface area contributed by atoms with Gasteiger partial charge in [0.2, 0.25) is 10.0 Å². The van der Waals surface area contributed by atoms with Gasteiger partial charge in [-0.3, -0.25) is 4.79 Å². The van der Waals surface area contributed by atoms with Crippen LogP contribution in [0.25, 0.3) is 0 Å². The van der Waals surface area contributed by atoms with E-state index in [0.717, 1.165) is 0 Å². The number of benzene rings is 2. The Hall–Kier alpha value is -3.15. The van der Waals surface area contributed by atoms with E-state index in [-0.39, 0.29) is 10.5 Å². The van der Waals surface area contributed by atoms with Gasteiger partial charge in [0.05, 0.1) is 10.5 Å². The van der Waals surface area contributed by atoms with Crippen molar-refractivity contribution in [3.63, 3.8) is 0 Å². The Morgan fingerprint density at radius 1 is 1.00 bits per heavy atom. The highest BCUT2D eigenvalue weighted by Crippen LogP contribution is 2.32. The van der Waals surface area contributed by atoms with Crippen LogP contribution in [0.2, 0.25) is 0 Å². The van der Waals surface area contributed by atoms with Gasteiger partial charge in [0, 0.05) is 37.9 Å². The van der Waals surface area contributed by atoms with E-state index in [0.29, 0.717) is 56.6 Å². The van der Waals surface area contributed by atoms with Gasteiger partial charge < -0.3 is 24.4 Å².